The third-order valence-corrected chi connectivity index (χ3v) is 6.07. The van der Waals surface area contributed by atoms with Crippen LogP contribution in [0.3, 0.4) is 0 Å². The summed E-state index contributed by atoms with van der Waals surface area (Å²) < 4.78 is 1.72. The zero-order valence-electron chi connectivity index (χ0n) is 16.6. The number of rotatable bonds is 4. The third-order valence-electron chi connectivity index (χ3n) is 5.35. The van der Waals surface area contributed by atoms with Gasteiger partial charge in [-0.25, -0.2) is 9.97 Å². The minimum Gasteiger partial charge on any atom is -0.354 e. The molecule has 0 saturated carbocycles. The smallest absolute Gasteiger partial charge is 0.242 e. The first-order valence-electron chi connectivity index (χ1n) is 10.1. The Hall–Kier alpha value is -3.13. The van der Waals surface area contributed by atoms with Crippen LogP contribution in [0, 0.1) is 0 Å². The van der Waals surface area contributed by atoms with Crippen LogP contribution in [0.1, 0.15) is 19.3 Å². The van der Waals surface area contributed by atoms with Crippen LogP contribution in [-0.2, 0) is 4.79 Å². The van der Waals surface area contributed by atoms with Crippen LogP contribution in [-0.4, -0.2) is 44.3 Å². The van der Waals surface area contributed by atoms with Gasteiger partial charge < -0.3 is 10.6 Å². The van der Waals surface area contributed by atoms with Gasteiger partial charge in [0.2, 0.25) is 11.9 Å². The highest BCUT2D eigenvalue weighted by Gasteiger charge is 2.23. The second-order valence-electron chi connectivity index (χ2n) is 7.34. The third kappa shape index (κ3) is 3.47. The molecule has 1 aliphatic heterocycles. The van der Waals surface area contributed by atoms with Gasteiger partial charge in [-0.15, -0.1) is 16.9 Å². The van der Waals surface area contributed by atoms with Gasteiger partial charge in [0, 0.05) is 22.4 Å². The molecule has 1 fully saturated rings. The zero-order valence-corrected chi connectivity index (χ0v) is 17.4. The summed E-state index contributed by atoms with van der Waals surface area (Å²) in [5.74, 6) is 1.17. The minimum atomic E-state index is -0.336. The van der Waals surface area contributed by atoms with Gasteiger partial charge >= 0.3 is 0 Å². The summed E-state index contributed by atoms with van der Waals surface area (Å²) >= 11 is 1.68. The Balaban J connectivity index is 1.65. The Morgan fingerprint density at radius 2 is 2.03 bits per heavy atom. The van der Waals surface area contributed by atoms with Crippen molar-refractivity contribution >= 4 is 40.2 Å². The van der Waals surface area contributed by atoms with Crippen molar-refractivity contribution in [1.29, 1.82) is 0 Å². The first kappa shape index (κ1) is 18.9. The number of para-hydroxylation sites is 1. The fraction of sp³-hybridized carbons (Fsp3) is 0.273. The molecule has 1 saturated heterocycles. The maximum absolute atomic E-state index is 12.5. The summed E-state index contributed by atoms with van der Waals surface area (Å²) in [5, 5.41) is 12.0. The second kappa shape index (κ2) is 7.95. The van der Waals surface area contributed by atoms with Crippen LogP contribution in [0.15, 0.2) is 53.4 Å². The molecule has 5 rings (SSSR count). The van der Waals surface area contributed by atoms with E-state index < -0.39 is 0 Å². The van der Waals surface area contributed by atoms with Crippen LogP contribution >= 0.6 is 11.8 Å². The fourth-order valence-electron chi connectivity index (χ4n) is 3.77. The summed E-state index contributed by atoms with van der Waals surface area (Å²) in [6, 6.07) is 15.7. The van der Waals surface area contributed by atoms with Crippen molar-refractivity contribution in [3.05, 3.63) is 48.5 Å². The van der Waals surface area contributed by atoms with Crippen molar-refractivity contribution in [2.75, 3.05) is 18.1 Å². The number of benzene rings is 2. The second-order valence-corrected chi connectivity index (χ2v) is 8.22. The maximum atomic E-state index is 12.5. The Morgan fingerprint density at radius 1 is 1.13 bits per heavy atom. The molecule has 0 bridgehead atoms. The molecule has 8 heteroatoms. The highest BCUT2D eigenvalue weighted by atomic mass is 32.2. The Kier molecular flexibility index (Phi) is 5.00. The number of amides is 1. The van der Waals surface area contributed by atoms with Gasteiger partial charge in [0.25, 0.3) is 0 Å². The number of anilines is 1. The molecular formula is C22H22N6OS. The molecular weight excluding hydrogens is 396 g/mol. The standard InChI is InChI=1S/C22H22N6OS/c1-30-15-8-6-7-14(13-15)19-26-20-16-9-2-3-10-17(16)24-22(28(20)27-19)25-18-11-4-5-12-23-21(18)29/h2-3,6-10,13,18H,4-5,11-12H2,1H3,(H,23,29)(H,24,25)/t18-/m1/s1. The number of fused-ring (bicyclic) bond motifs is 3. The zero-order chi connectivity index (χ0) is 20.5. The SMILES string of the molecule is CSc1cccc(-c2nc3c4ccccc4nc(N[C@@H]4CCCCNC4=O)n3n2)c1. The van der Waals surface area contributed by atoms with E-state index in [9.17, 15) is 4.79 Å². The fourth-order valence-corrected chi connectivity index (χ4v) is 4.23. The van der Waals surface area contributed by atoms with E-state index in [2.05, 4.69) is 22.8 Å². The van der Waals surface area contributed by atoms with E-state index in [1.165, 1.54) is 0 Å². The molecule has 1 amide bonds. The van der Waals surface area contributed by atoms with Crippen molar-refractivity contribution in [3.63, 3.8) is 0 Å². The summed E-state index contributed by atoms with van der Waals surface area (Å²) in [6.07, 6.45) is 4.79. The van der Waals surface area contributed by atoms with Crippen LogP contribution in [0.2, 0.25) is 0 Å². The van der Waals surface area contributed by atoms with Gasteiger partial charge in [0.05, 0.1) is 5.52 Å². The lowest BCUT2D eigenvalue weighted by molar-refractivity contribution is -0.121. The van der Waals surface area contributed by atoms with E-state index in [0.717, 1.165) is 52.8 Å². The number of nitrogens with zero attached hydrogens (tertiary/aromatic N) is 4. The number of carbonyl (C=O) groups excluding carboxylic acids is 1. The molecule has 30 heavy (non-hydrogen) atoms. The van der Waals surface area contributed by atoms with E-state index in [4.69, 9.17) is 15.1 Å². The van der Waals surface area contributed by atoms with Gasteiger partial charge in [-0.05, 0) is 49.8 Å². The van der Waals surface area contributed by atoms with Gasteiger partial charge in [-0.2, -0.15) is 4.52 Å². The van der Waals surface area contributed by atoms with E-state index in [0.29, 0.717) is 11.8 Å². The van der Waals surface area contributed by atoms with E-state index >= 15 is 0 Å². The summed E-state index contributed by atoms with van der Waals surface area (Å²) in [6.45, 7) is 0.719. The summed E-state index contributed by atoms with van der Waals surface area (Å²) in [5.41, 5.74) is 2.49. The monoisotopic (exact) mass is 418 g/mol. The molecule has 1 aliphatic rings. The lowest BCUT2D eigenvalue weighted by Crippen LogP contribution is -2.38. The Bertz CT molecular complexity index is 1240. The predicted octanol–water partition coefficient (Wildman–Crippen LogP) is 3.75. The van der Waals surface area contributed by atoms with Crippen LogP contribution in [0.25, 0.3) is 27.9 Å². The quantitative estimate of drug-likeness (QED) is 0.491. The molecule has 0 spiro atoms. The predicted molar refractivity (Wildman–Crippen MR) is 120 cm³/mol. The van der Waals surface area contributed by atoms with Crippen molar-refractivity contribution in [3.8, 4) is 11.4 Å². The lowest BCUT2D eigenvalue weighted by atomic mass is 10.1. The first-order valence-corrected chi connectivity index (χ1v) is 11.3. The largest absolute Gasteiger partial charge is 0.354 e. The molecule has 2 aromatic heterocycles. The maximum Gasteiger partial charge on any atom is 0.242 e. The lowest BCUT2D eigenvalue weighted by Gasteiger charge is -2.16. The van der Waals surface area contributed by atoms with Crippen LogP contribution < -0.4 is 10.6 Å². The first-order chi connectivity index (χ1) is 14.7. The molecule has 4 aromatic rings. The summed E-state index contributed by atoms with van der Waals surface area (Å²) in [7, 11) is 0. The molecule has 1 atom stereocenters. The number of hydrogen-bond donors (Lipinski definition) is 2. The van der Waals surface area contributed by atoms with E-state index in [1.807, 2.05) is 42.7 Å². The van der Waals surface area contributed by atoms with Gasteiger partial charge in [0.15, 0.2) is 11.5 Å². The Morgan fingerprint density at radius 3 is 2.93 bits per heavy atom. The van der Waals surface area contributed by atoms with Crippen molar-refractivity contribution < 1.29 is 4.79 Å². The molecule has 3 heterocycles. The normalized spacial score (nSPS) is 17.1. The molecule has 2 N–H and O–H groups in total. The van der Waals surface area contributed by atoms with Crippen molar-refractivity contribution in [2.45, 2.75) is 30.2 Å². The molecule has 7 nitrogen and oxygen atoms in total. The van der Waals surface area contributed by atoms with Gasteiger partial charge in [-0.1, -0.05) is 24.3 Å². The number of carbonyl (C=O) groups is 1. The number of aromatic nitrogens is 4. The van der Waals surface area contributed by atoms with Crippen LogP contribution in [0.4, 0.5) is 5.95 Å². The van der Waals surface area contributed by atoms with Crippen LogP contribution in [0.5, 0.6) is 0 Å². The minimum absolute atomic E-state index is 0.00335. The van der Waals surface area contributed by atoms with Crippen molar-refractivity contribution in [2.24, 2.45) is 0 Å². The molecule has 0 aliphatic carbocycles. The average Bonchev–Trinajstić information content (AvgIpc) is 3.14. The summed E-state index contributed by atoms with van der Waals surface area (Å²) in [4.78, 5) is 23.2. The molecule has 0 unspecified atom stereocenters. The molecule has 2 aromatic carbocycles. The number of nitrogens with one attached hydrogen (secondary N) is 2. The average molecular weight is 419 g/mol. The van der Waals surface area contributed by atoms with Gasteiger partial charge in [-0.3, -0.25) is 4.79 Å². The van der Waals surface area contributed by atoms with E-state index in [-0.39, 0.29) is 11.9 Å². The highest BCUT2D eigenvalue weighted by molar-refractivity contribution is 7.98. The Labute approximate surface area is 178 Å². The van der Waals surface area contributed by atoms with E-state index in [1.54, 1.807) is 16.3 Å². The molecule has 152 valence electrons. The number of thioether (sulfide) groups is 1. The number of hydrogen-bond acceptors (Lipinski definition) is 6. The van der Waals surface area contributed by atoms with Crippen molar-refractivity contribution in [1.82, 2.24) is 24.9 Å². The topological polar surface area (TPSA) is 84.2 Å². The highest BCUT2D eigenvalue weighted by Crippen LogP contribution is 2.27. The van der Waals surface area contributed by atoms with Gasteiger partial charge in [0.1, 0.15) is 6.04 Å². The molecule has 0 radical (unpaired) electrons.